The topological polar surface area (TPSA) is 77.8 Å². The van der Waals surface area contributed by atoms with Crippen LogP contribution in [0.5, 0.6) is 0 Å². The van der Waals surface area contributed by atoms with Gasteiger partial charge in [-0.25, -0.2) is 0 Å². The molecule has 0 spiro atoms. The predicted octanol–water partition coefficient (Wildman–Crippen LogP) is 3.01. The maximum Gasteiger partial charge on any atom is 0.159 e. The van der Waals surface area contributed by atoms with Crippen molar-refractivity contribution in [2.75, 3.05) is 0 Å². The zero-order valence-electron chi connectivity index (χ0n) is 16.6. The van der Waals surface area contributed by atoms with E-state index in [1.165, 1.54) is 5.57 Å². The Kier molecular flexibility index (Phi) is 4.68. The lowest BCUT2D eigenvalue weighted by Gasteiger charge is -2.57. The first-order valence-electron chi connectivity index (χ1n) is 10.6. The van der Waals surface area contributed by atoms with Crippen LogP contribution in [0.15, 0.2) is 24.3 Å². The van der Waals surface area contributed by atoms with Crippen molar-refractivity contribution in [1.82, 2.24) is 0 Å². The quantitative estimate of drug-likeness (QED) is 0.664. The molecule has 4 nitrogen and oxygen atoms in total. The summed E-state index contributed by atoms with van der Waals surface area (Å²) in [5, 5.41) is 31.2. The summed E-state index contributed by atoms with van der Waals surface area (Å²) in [5.41, 5.74) is 1.03. The van der Waals surface area contributed by atoms with Gasteiger partial charge in [0.05, 0.1) is 18.3 Å². The fraction of sp³-hybridized carbons (Fsp3) is 0.783. The van der Waals surface area contributed by atoms with Crippen LogP contribution in [0.2, 0.25) is 0 Å². The Balaban J connectivity index is 1.68. The molecule has 0 radical (unpaired) electrons. The molecular weight excluding hydrogens is 340 g/mol. The standard InChI is InChI=1S/C23H34O4/c1-4-5-18(24)16-7-6-14-13-10-19(25)17-11-20(26)21(27)12-23(17,3)15(13)8-9-22(14,16)2/h4,10,14-18,20-21,24,26-27H,1,5-9,11-12H2,2-3H3/t14?,15?,16-,17+,18?,20-,21?,22+,23-/m1/s1. The first-order valence-corrected chi connectivity index (χ1v) is 10.6. The van der Waals surface area contributed by atoms with Gasteiger partial charge in [-0.15, -0.1) is 6.58 Å². The number of hydrogen-bond donors (Lipinski definition) is 3. The molecular formula is C23H34O4. The largest absolute Gasteiger partial charge is 0.392 e. The highest BCUT2D eigenvalue weighted by molar-refractivity contribution is 5.94. The normalized spacial score (nSPS) is 50.3. The molecule has 3 N–H and O–H groups in total. The van der Waals surface area contributed by atoms with E-state index in [1.54, 1.807) is 6.08 Å². The van der Waals surface area contributed by atoms with E-state index in [1.807, 2.05) is 6.08 Å². The molecule has 0 aromatic carbocycles. The van der Waals surface area contributed by atoms with Crippen LogP contribution in [0.3, 0.4) is 0 Å². The summed E-state index contributed by atoms with van der Waals surface area (Å²) in [6.07, 6.45) is 7.38. The molecule has 0 aromatic rings. The third-order valence-corrected chi connectivity index (χ3v) is 8.87. The Labute approximate surface area is 162 Å². The highest BCUT2D eigenvalue weighted by atomic mass is 16.3. The summed E-state index contributed by atoms with van der Waals surface area (Å²) in [6.45, 7) is 8.24. The molecule has 0 heterocycles. The van der Waals surface area contributed by atoms with Gasteiger partial charge in [0.25, 0.3) is 0 Å². The van der Waals surface area contributed by atoms with E-state index in [0.29, 0.717) is 31.1 Å². The van der Waals surface area contributed by atoms with Crippen LogP contribution in [0.4, 0.5) is 0 Å². The van der Waals surface area contributed by atoms with Gasteiger partial charge in [0.2, 0.25) is 0 Å². The second-order valence-corrected chi connectivity index (χ2v) is 10.1. The summed E-state index contributed by atoms with van der Waals surface area (Å²) in [5.74, 6) is 0.843. The predicted molar refractivity (Wildman–Crippen MR) is 104 cm³/mol. The van der Waals surface area contributed by atoms with Gasteiger partial charge in [-0.2, -0.15) is 0 Å². The SMILES string of the molecule is C=CCC(O)[C@H]1CCC2C3=CC(=O)[C@@H]4C[C@@H](O)C(O)C[C@]4(C)C3CC[C@@]21C. The lowest BCUT2D eigenvalue weighted by molar-refractivity contribution is -0.143. The van der Waals surface area contributed by atoms with Crippen molar-refractivity contribution in [1.29, 1.82) is 0 Å². The highest BCUT2D eigenvalue weighted by Gasteiger charge is 2.60. The molecule has 4 rings (SSSR count). The zero-order chi connectivity index (χ0) is 19.6. The average Bonchev–Trinajstić information content (AvgIpc) is 2.95. The van der Waals surface area contributed by atoms with E-state index in [0.717, 1.165) is 25.7 Å². The Morgan fingerprint density at radius 2 is 1.85 bits per heavy atom. The third-order valence-electron chi connectivity index (χ3n) is 8.87. The molecule has 4 unspecified atom stereocenters. The van der Waals surface area contributed by atoms with Crippen molar-refractivity contribution in [3.8, 4) is 0 Å². The van der Waals surface area contributed by atoms with Crippen LogP contribution in [0, 0.1) is 34.5 Å². The van der Waals surface area contributed by atoms with Gasteiger partial charge in [0, 0.05) is 5.92 Å². The molecule has 4 heteroatoms. The molecule has 4 aliphatic carbocycles. The van der Waals surface area contributed by atoms with Crippen molar-refractivity contribution in [2.45, 2.75) is 77.1 Å². The summed E-state index contributed by atoms with van der Waals surface area (Å²) in [4.78, 5) is 13.0. The van der Waals surface area contributed by atoms with Crippen LogP contribution in [0.25, 0.3) is 0 Å². The van der Waals surface area contributed by atoms with Crippen molar-refractivity contribution < 1.29 is 20.1 Å². The summed E-state index contributed by atoms with van der Waals surface area (Å²) >= 11 is 0. The molecule has 27 heavy (non-hydrogen) atoms. The first kappa shape index (κ1) is 19.4. The molecule has 0 saturated heterocycles. The molecule has 0 aromatic heterocycles. The summed E-state index contributed by atoms with van der Waals surface area (Å²) in [6, 6.07) is 0. The fourth-order valence-corrected chi connectivity index (χ4v) is 7.40. The Morgan fingerprint density at radius 3 is 2.56 bits per heavy atom. The van der Waals surface area contributed by atoms with Crippen molar-refractivity contribution in [2.24, 2.45) is 34.5 Å². The molecule has 4 aliphatic rings. The maximum atomic E-state index is 13.0. The number of allylic oxidation sites excluding steroid dienone is 2. The summed E-state index contributed by atoms with van der Waals surface area (Å²) in [7, 11) is 0. The Morgan fingerprint density at radius 1 is 1.15 bits per heavy atom. The minimum Gasteiger partial charge on any atom is -0.392 e. The number of ketones is 1. The second kappa shape index (κ2) is 6.53. The third kappa shape index (κ3) is 2.71. The van der Waals surface area contributed by atoms with Gasteiger partial charge in [-0.1, -0.05) is 25.5 Å². The number of carbonyl (C=O) groups excluding carboxylic acids is 1. The molecule has 9 atom stereocenters. The van der Waals surface area contributed by atoms with Crippen LogP contribution < -0.4 is 0 Å². The number of fused-ring (bicyclic) bond motifs is 5. The van der Waals surface area contributed by atoms with Gasteiger partial charge >= 0.3 is 0 Å². The van der Waals surface area contributed by atoms with Gasteiger partial charge < -0.3 is 15.3 Å². The maximum absolute atomic E-state index is 13.0. The van der Waals surface area contributed by atoms with Crippen molar-refractivity contribution >= 4 is 5.78 Å². The monoisotopic (exact) mass is 374 g/mol. The van der Waals surface area contributed by atoms with E-state index in [4.69, 9.17) is 0 Å². The van der Waals surface area contributed by atoms with Crippen LogP contribution in [-0.2, 0) is 4.79 Å². The van der Waals surface area contributed by atoms with Gasteiger partial charge in [-0.3, -0.25) is 4.79 Å². The fourth-order valence-electron chi connectivity index (χ4n) is 7.40. The molecule has 0 bridgehead atoms. The number of hydrogen-bond acceptors (Lipinski definition) is 4. The van der Waals surface area contributed by atoms with Crippen molar-refractivity contribution in [3.05, 3.63) is 24.3 Å². The van der Waals surface area contributed by atoms with E-state index < -0.39 is 12.2 Å². The number of aliphatic hydroxyl groups is 3. The van der Waals surface area contributed by atoms with Gasteiger partial charge in [0.15, 0.2) is 5.78 Å². The molecule has 3 saturated carbocycles. The lowest BCUT2D eigenvalue weighted by Crippen LogP contribution is -2.56. The van der Waals surface area contributed by atoms with E-state index in [-0.39, 0.29) is 34.6 Å². The molecule has 3 fully saturated rings. The highest BCUT2D eigenvalue weighted by Crippen LogP contribution is 2.65. The van der Waals surface area contributed by atoms with E-state index >= 15 is 0 Å². The Hall–Kier alpha value is -0.970. The van der Waals surface area contributed by atoms with E-state index in [2.05, 4.69) is 20.4 Å². The van der Waals surface area contributed by atoms with Crippen LogP contribution in [0.1, 0.15) is 58.8 Å². The number of rotatable bonds is 3. The molecule has 0 aliphatic heterocycles. The minimum atomic E-state index is -0.791. The van der Waals surface area contributed by atoms with Gasteiger partial charge in [0.1, 0.15) is 0 Å². The van der Waals surface area contributed by atoms with Crippen LogP contribution in [-0.4, -0.2) is 39.4 Å². The van der Waals surface area contributed by atoms with E-state index in [9.17, 15) is 20.1 Å². The molecule has 150 valence electrons. The zero-order valence-corrected chi connectivity index (χ0v) is 16.6. The number of aliphatic hydroxyl groups excluding tert-OH is 3. The van der Waals surface area contributed by atoms with Gasteiger partial charge in [-0.05, 0) is 79.6 Å². The minimum absolute atomic E-state index is 0.0288. The Bertz CT molecular complexity index is 669. The molecule has 0 amide bonds. The summed E-state index contributed by atoms with van der Waals surface area (Å²) < 4.78 is 0. The number of carbonyl (C=O) groups is 1. The van der Waals surface area contributed by atoms with Crippen molar-refractivity contribution in [3.63, 3.8) is 0 Å². The lowest BCUT2D eigenvalue weighted by atomic mass is 9.47. The second-order valence-electron chi connectivity index (χ2n) is 10.1. The van der Waals surface area contributed by atoms with Crippen LogP contribution >= 0.6 is 0 Å². The first-order chi connectivity index (χ1) is 12.7. The smallest absolute Gasteiger partial charge is 0.159 e. The average molecular weight is 375 g/mol.